The van der Waals surface area contributed by atoms with Gasteiger partial charge in [-0.3, -0.25) is 14.0 Å². The monoisotopic (exact) mass is 439 g/mol. The highest BCUT2D eigenvalue weighted by molar-refractivity contribution is 9.10. The quantitative estimate of drug-likeness (QED) is 0.496. The lowest BCUT2D eigenvalue weighted by molar-refractivity contribution is 0.0927. The molecule has 28 heavy (non-hydrogen) atoms. The van der Waals surface area contributed by atoms with E-state index in [0.29, 0.717) is 23.1 Å². The van der Waals surface area contributed by atoms with E-state index >= 15 is 0 Å². The van der Waals surface area contributed by atoms with Crippen LogP contribution in [0.5, 0.6) is 0 Å². The van der Waals surface area contributed by atoms with Gasteiger partial charge in [0.05, 0.1) is 6.04 Å². The van der Waals surface area contributed by atoms with Crippen LogP contribution in [0.1, 0.15) is 42.1 Å². The predicted molar refractivity (Wildman–Crippen MR) is 110 cm³/mol. The lowest BCUT2D eigenvalue weighted by atomic mass is 10.1. The Morgan fingerprint density at radius 3 is 2.93 bits per heavy atom. The van der Waals surface area contributed by atoms with Gasteiger partial charge in [0, 0.05) is 27.6 Å². The third-order valence-electron chi connectivity index (χ3n) is 4.57. The maximum absolute atomic E-state index is 12.9. The van der Waals surface area contributed by atoms with Crippen molar-refractivity contribution in [2.75, 3.05) is 0 Å². The maximum atomic E-state index is 12.9. The van der Waals surface area contributed by atoms with Gasteiger partial charge in [0.15, 0.2) is 16.9 Å². The first kappa shape index (κ1) is 18.4. The van der Waals surface area contributed by atoms with Crippen molar-refractivity contribution in [2.45, 2.75) is 25.8 Å². The molecule has 1 unspecified atom stereocenters. The molecule has 0 bridgehead atoms. The van der Waals surface area contributed by atoms with E-state index in [0.717, 1.165) is 16.5 Å². The molecule has 0 aliphatic carbocycles. The van der Waals surface area contributed by atoms with E-state index in [1.54, 1.807) is 12.1 Å². The summed E-state index contributed by atoms with van der Waals surface area (Å²) >= 11 is 3.36. The van der Waals surface area contributed by atoms with Gasteiger partial charge in [-0.2, -0.15) is 0 Å². The number of carbonyl (C=O) groups excluding carboxylic acids is 1. The van der Waals surface area contributed by atoms with Crippen LogP contribution in [-0.2, 0) is 0 Å². The second-order valence-corrected chi connectivity index (χ2v) is 7.45. The Hall–Kier alpha value is -3.00. The molecule has 1 atom stereocenters. The van der Waals surface area contributed by atoms with E-state index in [-0.39, 0.29) is 23.1 Å². The van der Waals surface area contributed by atoms with E-state index in [9.17, 15) is 9.59 Å². The molecule has 0 saturated carbocycles. The molecule has 0 aliphatic rings. The Morgan fingerprint density at radius 2 is 2.11 bits per heavy atom. The number of H-pyrrole nitrogens is 1. The minimum absolute atomic E-state index is 0.208. The van der Waals surface area contributed by atoms with E-state index in [1.165, 1.54) is 6.07 Å². The summed E-state index contributed by atoms with van der Waals surface area (Å²) in [6.45, 7) is 2.04. The fourth-order valence-electron chi connectivity index (χ4n) is 3.23. The third-order valence-corrected chi connectivity index (χ3v) is 5.06. The standard InChI is InChI=1S/C20H18BrN5O2/c1-2-5-15(19-25-24-18-6-3-4-9-26(18)19)23-20(28)16-11-17(27)13-10-12(21)7-8-14(13)22-16/h3-4,6-11,15H,2,5H2,1H3,(H,22,27)(H,23,28). The Balaban J connectivity index is 1.68. The van der Waals surface area contributed by atoms with Crippen LogP contribution in [0, 0.1) is 0 Å². The van der Waals surface area contributed by atoms with Crippen LogP contribution in [0.3, 0.4) is 0 Å². The molecule has 0 saturated heterocycles. The van der Waals surface area contributed by atoms with Crippen LogP contribution in [0.15, 0.2) is 57.9 Å². The lowest BCUT2D eigenvalue weighted by Gasteiger charge is -2.17. The van der Waals surface area contributed by atoms with Crippen LogP contribution in [-0.4, -0.2) is 25.5 Å². The molecule has 3 heterocycles. The van der Waals surface area contributed by atoms with Crippen molar-refractivity contribution in [1.82, 2.24) is 24.9 Å². The summed E-state index contributed by atoms with van der Waals surface area (Å²) in [6.07, 6.45) is 3.43. The maximum Gasteiger partial charge on any atom is 0.268 e. The Kier molecular flexibility index (Phi) is 4.95. The van der Waals surface area contributed by atoms with Gasteiger partial charge in [0.25, 0.3) is 5.91 Å². The first-order valence-corrected chi connectivity index (χ1v) is 9.79. The molecule has 0 aliphatic heterocycles. The minimum Gasteiger partial charge on any atom is -0.350 e. The minimum atomic E-state index is -0.354. The summed E-state index contributed by atoms with van der Waals surface area (Å²) in [5.41, 5.74) is 1.34. The summed E-state index contributed by atoms with van der Waals surface area (Å²) in [6, 6.07) is 12.0. The zero-order valence-electron chi connectivity index (χ0n) is 15.1. The molecular weight excluding hydrogens is 422 g/mol. The van der Waals surface area contributed by atoms with Crippen molar-refractivity contribution in [3.05, 3.63) is 74.9 Å². The van der Waals surface area contributed by atoms with Gasteiger partial charge >= 0.3 is 0 Å². The zero-order valence-corrected chi connectivity index (χ0v) is 16.7. The van der Waals surface area contributed by atoms with E-state index in [2.05, 4.69) is 36.4 Å². The number of carbonyl (C=O) groups is 1. The van der Waals surface area contributed by atoms with Gasteiger partial charge in [0.2, 0.25) is 0 Å². The van der Waals surface area contributed by atoms with E-state index in [1.807, 2.05) is 41.8 Å². The molecule has 3 aromatic heterocycles. The number of amides is 1. The Bertz CT molecular complexity index is 1230. The fourth-order valence-corrected chi connectivity index (χ4v) is 3.59. The zero-order chi connectivity index (χ0) is 19.7. The van der Waals surface area contributed by atoms with Crippen LogP contribution in [0.25, 0.3) is 16.6 Å². The molecule has 4 rings (SSSR count). The molecule has 0 spiro atoms. The van der Waals surface area contributed by atoms with Gasteiger partial charge < -0.3 is 10.3 Å². The van der Waals surface area contributed by atoms with Gasteiger partial charge in [-0.15, -0.1) is 10.2 Å². The largest absolute Gasteiger partial charge is 0.350 e. The molecule has 2 N–H and O–H groups in total. The summed E-state index contributed by atoms with van der Waals surface area (Å²) < 4.78 is 2.67. The molecule has 142 valence electrons. The van der Waals surface area contributed by atoms with Crippen molar-refractivity contribution < 1.29 is 4.79 Å². The third kappa shape index (κ3) is 3.43. The van der Waals surface area contributed by atoms with Crippen LogP contribution >= 0.6 is 15.9 Å². The fraction of sp³-hybridized carbons (Fsp3) is 0.200. The number of pyridine rings is 2. The average Bonchev–Trinajstić information content (AvgIpc) is 3.12. The predicted octanol–water partition coefficient (Wildman–Crippen LogP) is 3.60. The number of rotatable bonds is 5. The summed E-state index contributed by atoms with van der Waals surface area (Å²) in [7, 11) is 0. The van der Waals surface area contributed by atoms with E-state index < -0.39 is 0 Å². The number of hydrogen-bond donors (Lipinski definition) is 2. The number of fused-ring (bicyclic) bond motifs is 2. The molecule has 4 aromatic rings. The van der Waals surface area contributed by atoms with Crippen molar-refractivity contribution in [3.8, 4) is 0 Å². The van der Waals surface area contributed by atoms with E-state index in [4.69, 9.17) is 0 Å². The highest BCUT2D eigenvalue weighted by Crippen LogP contribution is 2.19. The van der Waals surface area contributed by atoms with Crippen molar-refractivity contribution in [3.63, 3.8) is 0 Å². The first-order chi connectivity index (χ1) is 13.6. The molecule has 0 radical (unpaired) electrons. The number of nitrogens with one attached hydrogen (secondary N) is 2. The topological polar surface area (TPSA) is 92.1 Å². The Morgan fingerprint density at radius 1 is 1.25 bits per heavy atom. The Labute approximate surface area is 168 Å². The van der Waals surface area contributed by atoms with Crippen molar-refractivity contribution >= 4 is 38.4 Å². The number of nitrogens with zero attached hydrogens (tertiary/aromatic N) is 3. The number of aromatic nitrogens is 4. The second kappa shape index (κ2) is 7.55. The molecule has 0 fully saturated rings. The first-order valence-electron chi connectivity index (χ1n) is 9.00. The average molecular weight is 440 g/mol. The van der Waals surface area contributed by atoms with Gasteiger partial charge in [-0.1, -0.05) is 35.3 Å². The number of hydrogen-bond acceptors (Lipinski definition) is 4. The summed E-state index contributed by atoms with van der Waals surface area (Å²) in [5.74, 6) is 0.311. The SMILES string of the molecule is CCCC(NC(=O)c1cc(=O)c2cc(Br)ccc2[nH]1)c1nnc2ccccn12. The number of benzene rings is 1. The molecule has 1 aromatic carbocycles. The molecule has 8 heteroatoms. The smallest absolute Gasteiger partial charge is 0.268 e. The van der Waals surface area contributed by atoms with Crippen molar-refractivity contribution in [1.29, 1.82) is 0 Å². The number of aromatic amines is 1. The van der Waals surface area contributed by atoms with Crippen LogP contribution in [0.4, 0.5) is 0 Å². The highest BCUT2D eigenvalue weighted by Gasteiger charge is 2.21. The lowest BCUT2D eigenvalue weighted by Crippen LogP contribution is -2.31. The highest BCUT2D eigenvalue weighted by atomic mass is 79.9. The van der Waals surface area contributed by atoms with Crippen LogP contribution in [0.2, 0.25) is 0 Å². The van der Waals surface area contributed by atoms with Gasteiger partial charge in [-0.25, -0.2) is 0 Å². The van der Waals surface area contributed by atoms with Gasteiger partial charge in [-0.05, 0) is 36.8 Å². The summed E-state index contributed by atoms with van der Waals surface area (Å²) in [5, 5.41) is 11.9. The molecule has 7 nitrogen and oxygen atoms in total. The molecular formula is C20H18BrN5O2. The molecule has 1 amide bonds. The second-order valence-electron chi connectivity index (χ2n) is 6.54. The normalized spacial score (nSPS) is 12.4. The summed E-state index contributed by atoms with van der Waals surface area (Å²) in [4.78, 5) is 28.3. The van der Waals surface area contributed by atoms with Crippen molar-refractivity contribution in [2.24, 2.45) is 0 Å². The van der Waals surface area contributed by atoms with Crippen LogP contribution < -0.4 is 10.7 Å². The number of halogens is 1. The van der Waals surface area contributed by atoms with Gasteiger partial charge in [0.1, 0.15) is 5.69 Å².